The topological polar surface area (TPSA) is 53.3 Å². The van der Waals surface area contributed by atoms with Crippen LogP contribution < -0.4 is 5.32 Å². The van der Waals surface area contributed by atoms with E-state index in [2.05, 4.69) is 15.2 Å². The van der Waals surface area contributed by atoms with Gasteiger partial charge < -0.3 is 19.9 Å². The first-order valence-corrected chi connectivity index (χ1v) is 5.68. The second-order valence-electron chi connectivity index (χ2n) is 4.74. The summed E-state index contributed by atoms with van der Waals surface area (Å²) in [5, 5.41) is 13.8. The molecule has 2 heterocycles. The summed E-state index contributed by atoms with van der Waals surface area (Å²) in [7, 11) is 2.04. The minimum Gasteiger partial charge on any atom is -0.385 e. The zero-order valence-corrected chi connectivity index (χ0v) is 9.98. The molecule has 1 aromatic rings. The molecule has 0 spiro atoms. The molecule has 1 fully saturated rings. The third kappa shape index (κ3) is 2.61. The summed E-state index contributed by atoms with van der Waals surface area (Å²) in [5.41, 5.74) is -0.712. The Bertz CT molecular complexity index is 352. The summed E-state index contributed by atoms with van der Waals surface area (Å²) in [4.78, 5) is 6.33. The average molecular weight is 224 g/mol. The Morgan fingerprint density at radius 2 is 2.44 bits per heavy atom. The zero-order valence-electron chi connectivity index (χ0n) is 9.98. The quantitative estimate of drug-likeness (QED) is 0.708. The third-order valence-electron chi connectivity index (χ3n) is 3.08. The van der Waals surface area contributed by atoms with E-state index in [1.807, 2.05) is 24.7 Å². The van der Waals surface area contributed by atoms with E-state index in [1.54, 1.807) is 6.20 Å². The van der Waals surface area contributed by atoms with Gasteiger partial charge in [0.15, 0.2) is 0 Å². The van der Waals surface area contributed by atoms with Gasteiger partial charge in [-0.25, -0.2) is 4.98 Å². The Morgan fingerprint density at radius 1 is 1.62 bits per heavy atom. The zero-order chi connectivity index (χ0) is 11.6. The van der Waals surface area contributed by atoms with Crippen molar-refractivity contribution in [1.29, 1.82) is 0 Å². The number of β-amino-alcohol motifs (C(OH)–C–C–N with tert-alkyl or cyclic N) is 1. The van der Waals surface area contributed by atoms with Crippen LogP contribution in [-0.2, 0) is 6.54 Å². The molecule has 0 bridgehead atoms. The summed E-state index contributed by atoms with van der Waals surface area (Å²) in [6.07, 6.45) is 3.69. The fourth-order valence-corrected chi connectivity index (χ4v) is 2.22. The number of rotatable bonds is 2. The molecule has 1 saturated heterocycles. The second kappa shape index (κ2) is 4.53. The van der Waals surface area contributed by atoms with Gasteiger partial charge in [-0.05, 0) is 14.0 Å². The molecule has 0 amide bonds. The number of aliphatic hydroxyl groups is 1. The van der Waals surface area contributed by atoms with Gasteiger partial charge in [0.25, 0.3) is 0 Å². The van der Waals surface area contributed by atoms with Gasteiger partial charge in [-0.1, -0.05) is 0 Å². The molecule has 2 rings (SSSR count). The predicted molar refractivity (Wildman–Crippen MR) is 62.3 cm³/mol. The number of hydrogen-bond acceptors (Lipinski definition) is 4. The van der Waals surface area contributed by atoms with Gasteiger partial charge in [-0.15, -0.1) is 0 Å². The Balaban J connectivity index is 2.09. The van der Waals surface area contributed by atoms with E-state index < -0.39 is 5.60 Å². The third-order valence-corrected chi connectivity index (χ3v) is 3.08. The van der Waals surface area contributed by atoms with Crippen LogP contribution in [-0.4, -0.2) is 58.4 Å². The number of aryl methyl sites for hydroxylation is 1. The second-order valence-corrected chi connectivity index (χ2v) is 4.74. The van der Waals surface area contributed by atoms with Crippen LogP contribution in [0, 0.1) is 6.92 Å². The molecule has 0 aromatic carbocycles. The van der Waals surface area contributed by atoms with Gasteiger partial charge >= 0.3 is 0 Å². The molecule has 1 aliphatic rings. The largest absolute Gasteiger partial charge is 0.385 e. The molecule has 2 N–H and O–H groups in total. The van der Waals surface area contributed by atoms with Crippen LogP contribution >= 0.6 is 0 Å². The average Bonchev–Trinajstić information content (AvgIpc) is 2.50. The standard InChI is InChI=1S/C11H20N4O/c1-10-13-4-6-15(10)9-11(16)7-12-3-5-14(2)8-11/h4,6,12,16H,3,5,7-9H2,1-2H3. The summed E-state index contributed by atoms with van der Waals surface area (Å²) in [5.74, 6) is 0.945. The van der Waals surface area contributed by atoms with Gasteiger partial charge in [0, 0.05) is 38.6 Å². The molecule has 1 atom stereocenters. The van der Waals surface area contributed by atoms with Gasteiger partial charge in [0.05, 0.1) is 6.54 Å². The van der Waals surface area contributed by atoms with Crippen LogP contribution in [0.25, 0.3) is 0 Å². The predicted octanol–water partition coefficient (Wildman–Crippen LogP) is -0.542. The van der Waals surface area contributed by atoms with Crippen LogP contribution in [0.5, 0.6) is 0 Å². The molecule has 0 aliphatic carbocycles. The Hall–Kier alpha value is -0.910. The van der Waals surface area contributed by atoms with E-state index in [0.717, 1.165) is 18.9 Å². The molecule has 1 unspecified atom stereocenters. The summed E-state index contributed by atoms with van der Waals surface area (Å²) >= 11 is 0. The Labute approximate surface area is 96.1 Å². The molecule has 0 radical (unpaired) electrons. The highest BCUT2D eigenvalue weighted by Gasteiger charge is 2.31. The number of aromatic nitrogens is 2. The molecular weight excluding hydrogens is 204 g/mol. The van der Waals surface area contributed by atoms with E-state index in [1.165, 1.54) is 0 Å². The van der Waals surface area contributed by atoms with Crippen LogP contribution in [0.4, 0.5) is 0 Å². The highest BCUT2D eigenvalue weighted by atomic mass is 16.3. The summed E-state index contributed by atoms with van der Waals surface area (Å²) in [6.45, 7) is 5.78. The highest BCUT2D eigenvalue weighted by molar-refractivity contribution is 4.94. The number of nitrogens with one attached hydrogen (secondary N) is 1. The van der Waals surface area contributed by atoms with Crippen molar-refractivity contribution < 1.29 is 5.11 Å². The van der Waals surface area contributed by atoms with Crippen molar-refractivity contribution in [3.05, 3.63) is 18.2 Å². The van der Waals surface area contributed by atoms with Gasteiger partial charge in [0.1, 0.15) is 11.4 Å². The molecule has 5 nitrogen and oxygen atoms in total. The molecule has 1 aromatic heterocycles. The normalized spacial score (nSPS) is 27.9. The minimum absolute atomic E-state index is 0.593. The smallest absolute Gasteiger partial charge is 0.107 e. The van der Waals surface area contributed by atoms with Crippen molar-refractivity contribution in [3.8, 4) is 0 Å². The van der Waals surface area contributed by atoms with E-state index in [-0.39, 0.29) is 0 Å². The van der Waals surface area contributed by atoms with Crippen LogP contribution in [0.3, 0.4) is 0 Å². The number of likely N-dealkylation sites (N-methyl/N-ethyl adjacent to an activating group) is 1. The minimum atomic E-state index is -0.712. The first-order chi connectivity index (χ1) is 7.59. The fourth-order valence-electron chi connectivity index (χ4n) is 2.22. The molecule has 5 heteroatoms. The summed E-state index contributed by atoms with van der Waals surface area (Å²) in [6, 6.07) is 0. The maximum Gasteiger partial charge on any atom is 0.107 e. The van der Waals surface area contributed by atoms with Crippen molar-refractivity contribution in [2.45, 2.75) is 19.1 Å². The Kier molecular flexibility index (Phi) is 3.28. The lowest BCUT2D eigenvalue weighted by Gasteiger charge is -2.30. The van der Waals surface area contributed by atoms with E-state index in [0.29, 0.717) is 19.6 Å². The van der Waals surface area contributed by atoms with E-state index >= 15 is 0 Å². The monoisotopic (exact) mass is 224 g/mol. The lowest BCUT2D eigenvalue weighted by Crippen LogP contribution is -2.48. The number of imidazole rings is 1. The molecule has 16 heavy (non-hydrogen) atoms. The maximum atomic E-state index is 10.6. The molecule has 90 valence electrons. The van der Waals surface area contributed by atoms with Crippen LogP contribution in [0.2, 0.25) is 0 Å². The SMILES string of the molecule is Cc1nccn1CC1(O)CNCCN(C)C1. The summed E-state index contributed by atoms with van der Waals surface area (Å²) < 4.78 is 2.00. The molecular formula is C11H20N4O. The number of hydrogen-bond donors (Lipinski definition) is 2. The van der Waals surface area contributed by atoms with Crippen molar-refractivity contribution in [1.82, 2.24) is 19.8 Å². The molecule has 0 saturated carbocycles. The van der Waals surface area contributed by atoms with Crippen LogP contribution in [0.1, 0.15) is 5.82 Å². The van der Waals surface area contributed by atoms with Crippen LogP contribution in [0.15, 0.2) is 12.4 Å². The van der Waals surface area contributed by atoms with E-state index in [9.17, 15) is 5.11 Å². The van der Waals surface area contributed by atoms with Gasteiger partial charge in [-0.3, -0.25) is 0 Å². The first kappa shape index (κ1) is 11.6. The lowest BCUT2D eigenvalue weighted by atomic mass is 10.0. The first-order valence-electron chi connectivity index (χ1n) is 5.68. The van der Waals surface area contributed by atoms with Crippen molar-refractivity contribution in [2.75, 3.05) is 33.2 Å². The molecule has 1 aliphatic heterocycles. The lowest BCUT2D eigenvalue weighted by molar-refractivity contribution is 0.00681. The van der Waals surface area contributed by atoms with Crippen molar-refractivity contribution >= 4 is 0 Å². The highest BCUT2D eigenvalue weighted by Crippen LogP contribution is 2.12. The van der Waals surface area contributed by atoms with Crippen molar-refractivity contribution in [3.63, 3.8) is 0 Å². The fraction of sp³-hybridized carbons (Fsp3) is 0.727. The van der Waals surface area contributed by atoms with Gasteiger partial charge in [-0.2, -0.15) is 0 Å². The van der Waals surface area contributed by atoms with E-state index in [4.69, 9.17) is 0 Å². The maximum absolute atomic E-state index is 10.6. The van der Waals surface area contributed by atoms with Crippen molar-refractivity contribution in [2.24, 2.45) is 0 Å². The Morgan fingerprint density at radius 3 is 3.12 bits per heavy atom. The van der Waals surface area contributed by atoms with Gasteiger partial charge in [0.2, 0.25) is 0 Å². The number of nitrogens with zero attached hydrogens (tertiary/aromatic N) is 3.